The van der Waals surface area contributed by atoms with E-state index in [1.165, 1.54) is 18.2 Å². The van der Waals surface area contributed by atoms with E-state index in [2.05, 4.69) is 5.32 Å². The number of hydrogen-bond acceptors (Lipinski definition) is 1. The molecule has 1 rings (SSSR count). The zero-order valence-corrected chi connectivity index (χ0v) is 8.48. The van der Waals surface area contributed by atoms with Gasteiger partial charge in [-0.3, -0.25) is 0 Å². The van der Waals surface area contributed by atoms with E-state index in [0.29, 0.717) is 0 Å². The lowest BCUT2D eigenvalue weighted by Gasteiger charge is -2.14. The molecule has 0 amide bonds. The Morgan fingerprint density at radius 3 is 2.36 bits per heavy atom. The topological polar surface area (TPSA) is 12.0 Å². The van der Waals surface area contributed by atoms with Gasteiger partial charge in [-0.05, 0) is 32.0 Å². The lowest BCUT2D eigenvalue weighted by molar-refractivity contribution is 0.488. The number of halogens is 2. The second kappa shape index (κ2) is 5.05. The zero-order chi connectivity index (χ0) is 10.6. The first-order valence-electron chi connectivity index (χ1n) is 4.84. The van der Waals surface area contributed by atoms with Gasteiger partial charge >= 0.3 is 0 Å². The SMILES string of the molecule is CCCNC(C)c1c(F)cccc1F. The molecule has 0 spiro atoms. The van der Waals surface area contributed by atoms with Crippen LogP contribution in [-0.4, -0.2) is 6.54 Å². The number of rotatable bonds is 4. The highest BCUT2D eigenvalue weighted by molar-refractivity contribution is 5.22. The molecule has 14 heavy (non-hydrogen) atoms. The molecular weight excluding hydrogens is 184 g/mol. The summed E-state index contributed by atoms with van der Waals surface area (Å²) < 4.78 is 26.5. The van der Waals surface area contributed by atoms with Crippen molar-refractivity contribution in [2.24, 2.45) is 0 Å². The quantitative estimate of drug-likeness (QED) is 0.786. The van der Waals surface area contributed by atoms with Crippen LogP contribution in [0.5, 0.6) is 0 Å². The molecule has 0 aromatic heterocycles. The van der Waals surface area contributed by atoms with E-state index in [1.807, 2.05) is 6.92 Å². The molecule has 1 N–H and O–H groups in total. The van der Waals surface area contributed by atoms with Crippen LogP contribution in [0.4, 0.5) is 8.78 Å². The third-order valence-electron chi connectivity index (χ3n) is 2.13. The lowest BCUT2D eigenvalue weighted by Crippen LogP contribution is -2.21. The van der Waals surface area contributed by atoms with Crippen molar-refractivity contribution in [2.45, 2.75) is 26.3 Å². The van der Waals surface area contributed by atoms with Crippen molar-refractivity contribution in [1.29, 1.82) is 0 Å². The molecule has 1 atom stereocenters. The minimum absolute atomic E-state index is 0.126. The Hall–Kier alpha value is -0.960. The fourth-order valence-electron chi connectivity index (χ4n) is 1.39. The van der Waals surface area contributed by atoms with Gasteiger partial charge in [0, 0.05) is 11.6 Å². The van der Waals surface area contributed by atoms with Crippen LogP contribution in [0, 0.1) is 11.6 Å². The molecule has 1 unspecified atom stereocenters. The second-order valence-corrected chi connectivity index (χ2v) is 3.31. The molecule has 0 fully saturated rings. The fourth-order valence-corrected chi connectivity index (χ4v) is 1.39. The van der Waals surface area contributed by atoms with Crippen molar-refractivity contribution in [3.05, 3.63) is 35.4 Å². The fraction of sp³-hybridized carbons (Fsp3) is 0.455. The number of benzene rings is 1. The molecule has 0 bridgehead atoms. The third-order valence-corrected chi connectivity index (χ3v) is 2.13. The van der Waals surface area contributed by atoms with Crippen LogP contribution in [0.25, 0.3) is 0 Å². The summed E-state index contributed by atoms with van der Waals surface area (Å²) in [6, 6.07) is 3.65. The summed E-state index contributed by atoms with van der Waals surface area (Å²) in [5.74, 6) is -0.970. The van der Waals surface area contributed by atoms with Crippen LogP contribution in [0.15, 0.2) is 18.2 Å². The van der Waals surface area contributed by atoms with Crippen LogP contribution in [0.1, 0.15) is 31.9 Å². The highest BCUT2D eigenvalue weighted by Crippen LogP contribution is 2.19. The van der Waals surface area contributed by atoms with E-state index >= 15 is 0 Å². The van der Waals surface area contributed by atoms with Gasteiger partial charge in [-0.25, -0.2) is 8.78 Å². The van der Waals surface area contributed by atoms with Gasteiger partial charge in [-0.15, -0.1) is 0 Å². The molecule has 1 aromatic carbocycles. The standard InChI is InChI=1S/C11H15F2N/c1-3-7-14-8(2)11-9(12)5-4-6-10(11)13/h4-6,8,14H,3,7H2,1-2H3. The summed E-state index contributed by atoms with van der Waals surface area (Å²) in [7, 11) is 0. The lowest BCUT2D eigenvalue weighted by atomic mass is 10.1. The normalized spacial score (nSPS) is 12.9. The Morgan fingerprint density at radius 1 is 1.29 bits per heavy atom. The first kappa shape index (κ1) is 11.1. The van der Waals surface area contributed by atoms with Gasteiger partial charge in [0.05, 0.1) is 0 Å². The summed E-state index contributed by atoms with van der Waals surface area (Å²) in [5.41, 5.74) is 0.126. The molecule has 0 saturated carbocycles. The van der Waals surface area contributed by atoms with Crippen LogP contribution < -0.4 is 5.32 Å². The van der Waals surface area contributed by atoms with Crippen molar-refractivity contribution >= 4 is 0 Å². The minimum Gasteiger partial charge on any atom is -0.310 e. The van der Waals surface area contributed by atoms with Crippen LogP contribution >= 0.6 is 0 Å². The van der Waals surface area contributed by atoms with Crippen LogP contribution in [0.2, 0.25) is 0 Å². The Morgan fingerprint density at radius 2 is 1.86 bits per heavy atom. The smallest absolute Gasteiger partial charge is 0.130 e. The van der Waals surface area contributed by atoms with E-state index < -0.39 is 11.6 Å². The average molecular weight is 199 g/mol. The Labute approximate surface area is 83.1 Å². The summed E-state index contributed by atoms with van der Waals surface area (Å²) in [6.07, 6.45) is 0.945. The highest BCUT2D eigenvalue weighted by Gasteiger charge is 2.14. The zero-order valence-electron chi connectivity index (χ0n) is 8.48. The third kappa shape index (κ3) is 2.51. The van der Waals surface area contributed by atoms with Crippen molar-refractivity contribution in [3.63, 3.8) is 0 Å². The average Bonchev–Trinajstić information content (AvgIpc) is 2.14. The Balaban J connectivity index is 2.82. The molecule has 0 radical (unpaired) electrons. The summed E-state index contributed by atoms with van der Waals surface area (Å²) in [4.78, 5) is 0. The van der Waals surface area contributed by atoms with E-state index in [9.17, 15) is 8.78 Å². The van der Waals surface area contributed by atoms with Crippen LogP contribution in [-0.2, 0) is 0 Å². The largest absolute Gasteiger partial charge is 0.310 e. The van der Waals surface area contributed by atoms with Crippen LogP contribution in [0.3, 0.4) is 0 Å². The maximum atomic E-state index is 13.2. The first-order valence-corrected chi connectivity index (χ1v) is 4.84. The summed E-state index contributed by atoms with van der Waals surface area (Å²) >= 11 is 0. The van der Waals surface area contributed by atoms with E-state index in [1.54, 1.807) is 6.92 Å². The monoisotopic (exact) mass is 199 g/mol. The van der Waals surface area contributed by atoms with Crippen molar-refractivity contribution < 1.29 is 8.78 Å². The summed E-state index contributed by atoms with van der Waals surface area (Å²) in [5, 5.41) is 3.05. The van der Waals surface area contributed by atoms with E-state index in [-0.39, 0.29) is 11.6 Å². The van der Waals surface area contributed by atoms with E-state index in [4.69, 9.17) is 0 Å². The van der Waals surface area contributed by atoms with Gasteiger partial charge in [-0.2, -0.15) is 0 Å². The predicted molar refractivity (Wildman–Crippen MR) is 53.1 cm³/mol. The first-order chi connectivity index (χ1) is 6.66. The molecule has 78 valence electrons. The van der Waals surface area contributed by atoms with Gasteiger partial charge in [0.15, 0.2) is 0 Å². The van der Waals surface area contributed by atoms with E-state index in [0.717, 1.165) is 13.0 Å². The molecule has 0 aliphatic carbocycles. The molecule has 1 nitrogen and oxygen atoms in total. The van der Waals surface area contributed by atoms with Crippen molar-refractivity contribution in [2.75, 3.05) is 6.54 Å². The molecule has 0 saturated heterocycles. The van der Waals surface area contributed by atoms with Gasteiger partial charge in [0.1, 0.15) is 11.6 Å². The molecule has 3 heteroatoms. The maximum Gasteiger partial charge on any atom is 0.130 e. The van der Waals surface area contributed by atoms with Gasteiger partial charge < -0.3 is 5.32 Å². The molecule has 0 heterocycles. The maximum absolute atomic E-state index is 13.2. The summed E-state index contributed by atoms with van der Waals surface area (Å²) in [6.45, 7) is 4.53. The number of nitrogens with one attached hydrogen (secondary N) is 1. The second-order valence-electron chi connectivity index (χ2n) is 3.31. The minimum atomic E-state index is -0.485. The van der Waals surface area contributed by atoms with Gasteiger partial charge in [0.25, 0.3) is 0 Å². The molecular formula is C11H15F2N. The molecule has 0 aliphatic heterocycles. The van der Waals surface area contributed by atoms with Gasteiger partial charge in [0.2, 0.25) is 0 Å². The molecule has 0 aliphatic rings. The van der Waals surface area contributed by atoms with Gasteiger partial charge in [-0.1, -0.05) is 13.0 Å². The highest BCUT2D eigenvalue weighted by atomic mass is 19.1. The Bertz CT molecular complexity index is 279. The molecule has 1 aromatic rings. The van der Waals surface area contributed by atoms with Crippen molar-refractivity contribution in [1.82, 2.24) is 5.32 Å². The van der Waals surface area contributed by atoms with Crippen molar-refractivity contribution in [3.8, 4) is 0 Å². The number of hydrogen-bond donors (Lipinski definition) is 1. The predicted octanol–water partition coefficient (Wildman–Crippen LogP) is 3.03. The Kier molecular flexibility index (Phi) is 4.01.